The van der Waals surface area contributed by atoms with Gasteiger partial charge in [-0.05, 0) is 31.0 Å². The van der Waals surface area contributed by atoms with Gasteiger partial charge in [0.1, 0.15) is 5.82 Å². The molecule has 0 aliphatic heterocycles. The van der Waals surface area contributed by atoms with Gasteiger partial charge in [0.25, 0.3) is 0 Å². The number of aliphatic carboxylic acids is 1. The third-order valence-electron chi connectivity index (χ3n) is 2.98. The molecule has 19 heavy (non-hydrogen) atoms. The first-order valence-electron chi connectivity index (χ1n) is 6.14. The molecule has 0 spiro atoms. The molecule has 5 heteroatoms. The van der Waals surface area contributed by atoms with Crippen LogP contribution < -0.4 is 0 Å². The smallest absolute Gasteiger partial charge is 0.303 e. The molecule has 1 atom stereocenters. The Bertz CT molecular complexity index is 462. The maximum atomic E-state index is 13.1. The minimum absolute atomic E-state index is 0.0337. The first-order chi connectivity index (χ1) is 8.91. The van der Waals surface area contributed by atoms with Crippen LogP contribution in [-0.2, 0) is 9.59 Å². The molecule has 0 saturated heterocycles. The lowest BCUT2D eigenvalue weighted by Crippen LogP contribution is -2.31. The summed E-state index contributed by atoms with van der Waals surface area (Å²) in [5.74, 6) is -1.83. The average Bonchev–Trinajstić information content (AvgIpc) is 2.36. The lowest BCUT2D eigenvalue weighted by molar-refractivity contribution is -0.138. The van der Waals surface area contributed by atoms with Crippen molar-refractivity contribution in [2.45, 2.75) is 25.7 Å². The van der Waals surface area contributed by atoms with E-state index in [1.807, 2.05) is 0 Å². The minimum atomic E-state index is -0.876. The van der Waals surface area contributed by atoms with E-state index in [4.69, 9.17) is 5.11 Å². The number of hydrogen-bond acceptors (Lipinski definition) is 2. The molecular weight excluding hydrogens is 249 g/mol. The Morgan fingerprint density at radius 3 is 2.68 bits per heavy atom. The highest BCUT2D eigenvalue weighted by Crippen LogP contribution is 2.18. The lowest BCUT2D eigenvalue weighted by Gasteiger charge is -2.21. The molecule has 0 saturated carbocycles. The van der Waals surface area contributed by atoms with E-state index < -0.39 is 11.9 Å². The van der Waals surface area contributed by atoms with Crippen LogP contribution in [0.4, 0.5) is 4.39 Å². The van der Waals surface area contributed by atoms with Crippen molar-refractivity contribution in [1.29, 1.82) is 0 Å². The molecule has 104 valence electrons. The molecule has 0 aliphatic carbocycles. The molecule has 0 bridgehead atoms. The van der Waals surface area contributed by atoms with Gasteiger partial charge in [-0.2, -0.15) is 0 Å². The predicted molar refractivity (Wildman–Crippen MR) is 69.3 cm³/mol. The number of amides is 1. The van der Waals surface area contributed by atoms with Crippen molar-refractivity contribution < 1.29 is 19.1 Å². The fourth-order valence-corrected chi connectivity index (χ4v) is 1.83. The highest BCUT2D eigenvalue weighted by molar-refractivity contribution is 5.83. The summed E-state index contributed by atoms with van der Waals surface area (Å²) in [6.07, 6.45) is 0.444. The Balaban J connectivity index is 2.58. The fourth-order valence-electron chi connectivity index (χ4n) is 1.83. The number of halogens is 1. The van der Waals surface area contributed by atoms with Crippen LogP contribution in [-0.4, -0.2) is 35.5 Å². The van der Waals surface area contributed by atoms with Crippen LogP contribution in [0, 0.1) is 5.82 Å². The second-order valence-electron chi connectivity index (χ2n) is 4.53. The number of hydrogen-bond donors (Lipinski definition) is 1. The number of rotatable bonds is 6. The highest BCUT2D eigenvalue weighted by Gasteiger charge is 2.19. The monoisotopic (exact) mass is 267 g/mol. The topological polar surface area (TPSA) is 57.6 Å². The molecule has 0 radical (unpaired) electrons. The third kappa shape index (κ3) is 4.69. The first-order valence-corrected chi connectivity index (χ1v) is 6.14. The van der Waals surface area contributed by atoms with Gasteiger partial charge in [0.2, 0.25) is 5.91 Å². The second kappa shape index (κ2) is 6.87. The van der Waals surface area contributed by atoms with Crippen molar-refractivity contribution in [3.63, 3.8) is 0 Å². The van der Waals surface area contributed by atoms with E-state index in [1.165, 1.54) is 17.0 Å². The van der Waals surface area contributed by atoms with E-state index in [0.29, 0.717) is 18.5 Å². The number of carbonyl (C=O) groups is 2. The van der Waals surface area contributed by atoms with Crippen molar-refractivity contribution in [3.8, 4) is 0 Å². The summed E-state index contributed by atoms with van der Waals surface area (Å²) in [6.45, 7) is 2.09. The van der Waals surface area contributed by atoms with Crippen LogP contribution in [0.15, 0.2) is 24.3 Å². The van der Waals surface area contributed by atoms with Crippen molar-refractivity contribution >= 4 is 11.9 Å². The van der Waals surface area contributed by atoms with E-state index in [2.05, 4.69) is 0 Å². The van der Waals surface area contributed by atoms with Crippen LogP contribution in [0.25, 0.3) is 0 Å². The molecule has 1 rings (SSSR count). The van der Waals surface area contributed by atoms with E-state index in [9.17, 15) is 14.0 Å². The first kappa shape index (κ1) is 15.1. The maximum Gasteiger partial charge on any atom is 0.303 e. The zero-order chi connectivity index (χ0) is 14.4. The van der Waals surface area contributed by atoms with Gasteiger partial charge in [0.15, 0.2) is 0 Å². The summed E-state index contributed by atoms with van der Waals surface area (Å²) < 4.78 is 13.1. The summed E-state index contributed by atoms with van der Waals surface area (Å²) in [5, 5.41) is 8.54. The molecule has 1 aromatic carbocycles. The molecule has 1 N–H and O–H groups in total. The summed E-state index contributed by atoms with van der Waals surface area (Å²) in [5.41, 5.74) is 0.620. The van der Waals surface area contributed by atoms with Gasteiger partial charge in [-0.1, -0.05) is 12.1 Å². The summed E-state index contributed by atoms with van der Waals surface area (Å²) in [6, 6.07) is 5.94. The van der Waals surface area contributed by atoms with Crippen LogP contribution >= 0.6 is 0 Å². The number of benzene rings is 1. The highest BCUT2D eigenvalue weighted by atomic mass is 19.1. The predicted octanol–water partition coefficient (Wildman–Crippen LogP) is 2.25. The molecule has 1 amide bonds. The van der Waals surface area contributed by atoms with Gasteiger partial charge in [0.05, 0.1) is 5.92 Å². The standard InChI is InChI=1S/C14H18FNO3/c1-10(11-5-3-6-12(15)9-11)14(19)16(2)8-4-7-13(17)18/h3,5-6,9-10H,4,7-8H2,1-2H3,(H,17,18). The Kier molecular flexibility index (Phi) is 5.48. The number of carboxylic acids is 1. The van der Waals surface area contributed by atoms with E-state index in [0.717, 1.165) is 0 Å². The van der Waals surface area contributed by atoms with E-state index in [-0.39, 0.29) is 18.1 Å². The van der Waals surface area contributed by atoms with Gasteiger partial charge in [0, 0.05) is 20.0 Å². The SMILES string of the molecule is CC(C(=O)N(C)CCCC(=O)O)c1cccc(F)c1. The van der Waals surface area contributed by atoms with Gasteiger partial charge in [-0.15, -0.1) is 0 Å². The quantitative estimate of drug-likeness (QED) is 0.860. The average molecular weight is 267 g/mol. The molecule has 0 fully saturated rings. The third-order valence-corrected chi connectivity index (χ3v) is 2.98. The normalized spacial score (nSPS) is 11.9. The molecular formula is C14H18FNO3. The van der Waals surface area contributed by atoms with Crippen molar-refractivity contribution in [3.05, 3.63) is 35.6 Å². The summed E-state index contributed by atoms with van der Waals surface area (Å²) in [7, 11) is 1.62. The summed E-state index contributed by atoms with van der Waals surface area (Å²) in [4.78, 5) is 24.0. The largest absolute Gasteiger partial charge is 0.481 e. The van der Waals surface area contributed by atoms with Gasteiger partial charge in [-0.3, -0.25) is 9.59 Å². The van der Waals surface area contributed by atoms with Gasteiger partial charge < -0.3 is 10.0 Å². The number of carbonyl (C=O) groups excluding carboxylic acids is 1. The van der Waals surface area contributed by atoms with Crippen molar-refractivity contribution in [2.24, 2.45) is 0 Å². The molecule has 1 unspecified atom stereocenters. The molecule has 0 heterocycles. The van der Waals surface area contributed by atoms with Crippen LogP contribution in [0.2, 0.25) is 0 Å². The zero-order valence-electron chi connectivity index (χ0n) is 11.1. The molecule has 1 aromatic rings. The van der Waals surface area contributed by atoms with Crippen LogP contribution in [0.1, 0.15) is 31.2 Å². The number of carboxylic acid groups (broad SMARTS) is 1. The fraction of sp³-hybridized carbons (Fsp3) is 0.429. The molecule has 0 aliphatic rings. The summed E-state index contributed by atoms with van der Waals surface area (Å²) >= 11 is 0. The van der Waals surface area contributed by atoms with Crippen LogP contribution in [0.5, 0.6) is 0 Å². The number of nitrogens with zero attached hydrogens (tertiary/aromatic N) is 1. The zero-order valence-corrected chi connectivity index (χ0v) is 11.1. The molecule has 0 aromatic heterocycles. The Morgan fingerprint density at radius 1 is 1.42 bits per heavy atom. The number of likely N-dealkylation sites (N-methyl/N-ethyl adjacent to an activating group) is 1. The maximum absolute atomic E-state index is 13.1. The Labute approximate surface area is 111 Å². The van der Waals surface area contributed by atoms with Crippen molar-refractivity contribution in [2.75, 3.05) is 13.6 Å². The van der Waals surface area contributed by atoms with Crippen LogP contribution in [0.3, 0.4) is 0 Å². The van der Waals surface area contributed by atoms with Crippen molar-refractivity contribution in [1.82, 2.24) is 4.90 Å². The van der Waals surface area contributed by atoms with E-state index in [1.54, 1.807) is 26.1 Å². The van der Waals surface area contributed by atoms with Gasteiger partial charge >= 0.3 is 5.97 Å². The minimum Gasteiger partial charge on any atom is -0.481 e. The second-order valence-corrected chi connectivity index (χ2v) is 4.53. The van der Waals surface area contributed by atoms with E-state index >= 15 is 0 Å². The Hall–Kier alpha value is -1.91. The Morgan fingerprint density at radius 2 is 2.11 bits per heavy atom. The van der Waals surface area contributed by atoms with Gasteiger partial charge in [-0.25, -0.2) is 4.39 Å². The molecule has 4 nitrogen and oxygen atoms in total. The lowest BCUT2D eigenvalue weighted by atomic mass is 9.99.